The molecule has 17 heavy (non-hydrogen) atoms. The van der Waals surface area contributed by atoms with Gasteiger partial charge in [-0.15, -0.1) is 0 Å². The Hall–Kier alpha value is -0.650. The van der Waals surface area contributed by atoms with Crippen molar-refractivity contribution in [1.29, 1.82) is 0 Å². The molecule has 5 nitrogen and oxygen atoms in total. The van der Waals surface area contributed by atoms with Crippen LogP contribution in [0.3, 0.4) is 0 Å². The number of carbonyl (C=O) groups is 1. The van der Waals surface area contributed by atoms with Crippen molar-refractivity contribution in [2.75, 3.05) is 32.8 Å². The van der Waals surface area contributed by atoms with Crippen LogP contribution in [0.5, 0.6) is 0 Å². The number of hydrogen-bond donors (Lipinski definition) is 2. The second-order valence-electron chi connectivity index (χ2n) is 5.39. The van der Waals surface area contributed by atoms with Crippen molar-refractivity contribution >= 4 is 5.91 Å². The van der Waals surface area contributed by atoms with Gasteiger partial charge >= 0.3 is 0 Å². The zero-order valence-electron chi connectivity index (χ0n) is 9.97. The maximum Gasteiger partial charge on any atom is 0.242 e. The summed E-state index contributed by atoms with van der Waals surface area (Å²) in [6.45, 7) is 3.46. The maximum atomic E-state index is 12.2. The Labute approximate surface area is 101 Å². The van der Waals surface area contributed by atoms with Gasteiger partial charge in [-0.05, 0) is 18.8 Å². The van der Waals surface area contributed by atoms with Gasteiger partial charge < -0.3 is 20.1 Å². The van der Waals surface area contributed by atoms with Gasteiger partial charge in [0.05, 0.1) is 19.3 Å². The first-order valence-electron chi connectivity index (χ1n) is 6.53. The van der Waals surface area contributed by atoms with E-state index in [1.165, 1.54) is 0 Å². The minimum absolute atomic E-state index is 0.145. The first kappa shape index (κ1) is 11.4. The number of aliphatic hydroxyl groups excluding tert-OH is 1. The number of amides is 1. The molecule has 3 rings (SSSR count). The lowest BCUT2D eigenvalue weighted by Crippen LogP contribution is -2.52. The summed E-state index contributed by atoms with van der Waals surface area (Å²) in [7, 11) is 0. The van der Waals surface area contributed by atoms with E-state index >= 15 is 0 Å². The molecule has 2 saturated heterocycles. The standard InChI is InChI=1S/C12H20N2O3/c15-11-2-1-8-5-14(6-9(8)11)12(16)10-7-17-4-3-13-10/h8-11,13,15H,1-7H2. The molecule has 2 N–H and O–H groups in total. The number of aliphatic hydroxyl groups is 1. The first-order chi connectivity index (χ1) is 8.25. The molecule has 0 aromatic rings. The van der Waals surface area contributed by atoms with E-state index in [0.717, 1.165) is 32.5 Å². The van der Waals surface area contributed by atoms with E-state index in [0.29, 0.717) is 25.0 Å². The number of hydrogen-bond acceptors (Lipinski definition) is 4. The summed E-state index contributed by atoms with van der Waals surface area (Å²) in [4.78, 5) is 14.1. The number of rotatable bonds is 1. The van der Waals surface area contributed by atoms with Gasteiger partial charge in [-0.3, -0.25) is 4.79 Å². The van der Waals surface area contributed by atoms with E-state index in [-0.39, 0.29) is 18.1 Å². The molecule has 2 heterocycles. The maximum absolute atomic E-state index is 12.2. The van der Waals surface area contributed by atoms with Crippen LogP contribution in [0.15, 0.2) is 0 Å². The minimum Gasteiger partial charge on any atom is -0.393 e. The highest BCUT2D eigenvalue weighted by atomic mass is 16.5. The second kappa shape index (κ2) is 4.55. The lowest BCUT2D eigenvalue weighted by molar-refractivity contribution is -0.135. The van der Waals surface area contributed by atoms with Crippen molar-refractivity contribution in [3.8, 4) is 0 Å². The Kier molecular flexibility index (Phi) is 3.06. The molecule has 0 spiro atoms. The molecule has 0 aromatic heterocycles. The summed E-state index contributed by atoms with van der Waals surface area (Å²) in [5, 5.41) is 13.0. The molecule has 3 aliphatic rings. The lowest BCUT2D eigenvalue weighted by Gasteiger charge is -2.28. The predicted molar refractivity (Wildman–Crippen MR) is 61.4 cm³/mol. The summed E-state index contributed by atoms with van der Waals surface area (Å²) in [6.07, 6.45) is 1.76. The summed E-state index contributed by atoms with van der Waals surface area (Å²) in [5.74, 6) is 0.966. The van der Waals surface area contributed by atoms with Gasteiger partial charge in [-0.2, -0.15) is 0 Å². The zero-order valence-corrected chi connectivity index (χ0v) is 9.97. The van der Waals surface area contributed by atoms with Crippen LogP contribution in [-0.2, 0) is 9.53 Å². The van der Waals surface area contributed by atoms with E-state index in [1.54, 1.807) is 0 Å². The quantitative estimate of drug-likeness (QED) is 0.630. The third kappa shape index (κ3) is 2.07. The molecule has 0 aromatic carbocycles. The smallest absolute Gasteiger partial charge is 0.242 e. The summed E-state index contributed by atoms with van der Waals surface area (Å²) in [5.41, 5.74) is 0. The van der Waals surface area contributed by atoms with Crippen molar-refractivity contribution in [1.82, 2.24) is 10.2 Å². The predicted octanol–water partition coefficient (Wildman–Crippen LogP) is -0.796. The van der Waals surface area contributed by atoms with Crippen LogP contribution >= 0.6 is 0 Å². The van der Waals surface area contributed by atoms with Gasteiger partial charge in [-0.25, -0.2) is 0 Å². The molecule has 4 unspecified atom stereocenters. The van der Waals surface area contributed by atoms with Crippen LogP contribution in [-0.4, -0.2) is 60.9 Å². The lowest BCUT2D eigenvalue weighted by atomic mass is 10.00. The Morgan fingerprint density at radius 1 is 1.35 bits per heavy atom. The molecule has 0 bridgehead atoms. The SMILES string of the molecule is O=C(C1COCCN1)N1CC2CCC(O)C2C1. The Morgan fingerprint density at radius 2 is 2.24 bits per heavy atom. The summed E-state index contributed by atoms with van der Waals surface area (Å²) < 4.78 is 5.32. The van der Waals surface area contributed by atoms with Gasteiger partial charge in [0.1, 0.15) is 6.04 Å². The highest BCUT2D eigenvalue weighted by Crippen LogP contribution is 2.38. The Balaban J connectivity index is 1.60. The molecule has 2 aliphatic heterocycles. The van der Waals surface area contributed by atoms with E-state index in [4.69, 9.17) is 4.74 Å². The van der Waals surface area contributed by atoms with Crippen molar-refractivity contribution in [2.24, 2.45) is 11.8 Å². The molecule has 4 atom stereocenters. The fraction of sp³-hybridized carbons (Fsp3) is 0.917. The first-order valence-corrected chi connectivity index (χ1v) is 6.53. The molecule has 1 saturated carbocycles. The van der Waals surface area contributed by atoms with Crippen LogP contribution in [0.4, 0.5) is 0 Å². The fourth-order valence-electron chi connectivity index (χ4n) is 3.36. The number of likely N-dealkylation sites (tertiary alicyclic amines) is 1. The van der Waals surface area contributed by atoms with E-state index in [9.17, 15) is 9.90 Å². The van der Waals surface area contributed by atoms with Crippen molar-refractivity contribution in [2.45, 2.75) is 25.0 Å². The Bertz CT molecular complexity index is 304. The van der Waals surface area contributed by atoms with Crippen LogP contribution in [0.25, 0.3) is 0 Å². The second-order valence-corrected chi connectivity index (χ2v) is 5.39. The van der Waals surface area contributed by atoms with Crippen LogP contribution in [0.2, 0.25) is 0 Å². The number of nitrogens with zero attached hydrogens (tertiary/aromatic N) is 1. The molecule has 1 aliphatic carbocycles. The summed E-state index contributed by atoms with van der Waals surface area (Å²) in [6, 6.07) is -0.181. The van der Waals surface area contributed by atoms with E-state index in [1.807, 2.05) is 4.90 Å². The van der Waals surface area contributed by atoms with E-state index < -0.39 is 0 Å². The number of morpholine rings is 1. The van der Waals surface area contributed by atoms with Gasteiger partial charge in [0, 0.05) is 25.6 Å². The molecule has 96 valence electrons. The van der Waals surface area contributed by atoms with Crippen LogP contribution in [0.1, 0.15) is 12.8 Å². The topological polar surface area (TPSA) is 61.8 Å². The largest absolute Gasteiger partial charge is 0.393 e. The van der Waals surface area contributed by atoms with E-state index in [2.05, 4.69) is 5.32 Å². The Morgan fingerprint density at radius 3 is 2.94 bits per heavy atom. The fourth-order valence-corrected chi connectivity index (χ4v) is 3.36. The number of fused-ring (bicyclic) bond motifs is 1. The monoisotopic (exact) mass is 240 g/mol. The third-order valence-electron chi connectivity index (χ3n) is 4.35. The zero-order chi connectivity index (χ0) is 11.8. The summed E-state index contributed by atoms with van der Waals surface area (Å²) >= 11 is 0. The van der Waals surface area contributed by atoms with Crippen LogP contribution in [0, 0.1) is 11.8 Å². The third-order valence-corrected chi connectivity index (χ3v) is 4.35. The number of ether oxygens (including phenoxy) is 1. The minimum atomic E-state index is -0.201. The highest BCUT2D eigenvalue weighted by Gasteiger charge is 2.44. The molecule has 0 radical (unpaired) electrons. The molecule has 1 amide bonds. The van der Waals surface area contributed by atoms with Crippen molar-refractivity contribution in [3.63, 3.8) is 0 Å². The number of nitrogens with one attached hydrogen (secondary N) is 1. The van der Waals surface area contributed by atoms with Gasteiger partial charge in [-0.1, -0.05) is 0 Å². The van der Waals surface area contributed by atoms with Gasteiger partial charge in [0.25, 0.3) is 0 Å². The molecular formula is C12H20N2O3. The normalized spacial score (nSPS) is 41.6. The number of carbonyl (C=O) groups excluding carboxylic acids is 1. The molecular weight excluding hydrogens is 220 g/mol. The molecule has 3 fully saturated rings. The average molecular weight is 240 g/mol. The highest BCUT2D eigenvalue weighted by molar-refractivity contribution is 5.82. The molecule has 5 heteroatoms. The van der Waals surface area contributed by atoms with Crippen LogP contribution < -0.4 is 5.32 Å². The average Bonchev–Trinajstić information content (AvgIpc) is 2.92. The van der Waals surface area contributed by atoms with Crippen molar-refractivity contribution < 1.29 is 14.6 Å². The van der Waals surface area contributed by atoms with Gasteiger partial charge in [0.15, 0.2) is 0 Å². The van der Waals surface area contributed by atoms with Crippen molar-refractivity contribution in [3.05, 3.63) is 0 Å². The van der Waals surface area contributed by atoms with Gasteiger partial charge in [0.2, 0.25) is 5.91 Å².